The van der Waals surface area contributed by atoms with Gasteiger partial charge >= 0.3 is 5.97 Å². The molecule has 42 heavy (non-hydrogen) atoms. The van der Waals surface area contributed by atoms with E-state index in [4.69, 9.17) is 9.98 Å². The number of aliphatic imine (C=N–C) groups is 2. The first-order valence-corrected chi connectivity index (χ1v) is 15.5. The summed E-state index contributed by atoms with van der Waals surface area (Å²) in [6.07, 6.45) is 14.6. The number of fused-ring (bicyclic) bond motifs is 2. The molecule has 6 heteroatoms. The Morgan fingerprint density at radius 2 is 1.31 bits per heavy atom. The third-order valence-electron chi connectivity index (χ3n) is 9.55. The number of nitrogens with zero attached hydrogens (tertiary/aromatic N) is 4. The molecule has 4 aliphatic rings. The molecule has 0 spiro atoms. The van der Waals surface area contributed by atoms with Gasteiger partial charge in [-0.05, 0) is 122 Å². The van der Waals surface area contributed by atoms with E-state index in [0.29, 0.717) is 13.1 Å². The maximum absolute atomic E-state index is 11.8. The number of allylic oxidation sites excluding steroid dienone is 4. The van der Waals surface area contributed by atoms with Crippen molar-refractivity contribution in [3.05, 3.63) is 78.0 Å². The van der Waals surface area contributed by atoms with Crippen LogP contribution in [0.25, 0.3) is 24.3 Å². The van der Waals surface area contributed by atoms with Gasteiger partial charge in [0.05, 0.1) is 29.5 Å². The summed E-state index contributed by atoms with van der Waals surface area (Å²) in [7, 11) is 0. The van der Waals surface area contributed by atoms with Gasteiger partial charge in [-0.25, -0.2) is 9.98 Å². The second kappa shape index (κ2) is 10.7. The van der Waals surface area contributed by atoms with Gasteiger partial charge in [-0.15, -0.1) is 0 Å². The van der Waals surface area contributed by atoms with E-state index in [-0.39, 0.29) is 6.42 Å². The zero-order valence-electron chi connectivity index (χ0n) is 26.1. The molecule has 2 aromatic heterocycles. The molecule has 6 bridgehead atoms. The normalized spacial score (nSPS) is 17.0. The summed E-state index contributed by atoms with van der Waals surface area (Å²) in [5.41, 5.74) is 16.2. The van der Waals surface area contributed by atoms with Crippen LogP contribution in [-0.4, -0.2) is 31.6 Å². The van der Waals surface area contributed by atoms with Gasteiger partial charge in [0.1, 0.15) is 0 Å². The summed E-state index contributed by atoms with van der Waals surface area (Å²) in [5.74, 6) is -0.778. The van der Waals surface area contributed by atoms with Crippen LogP contribution in [-0.2, 0) is 24.3 Å². The first kappa shape index (κ1) is 28.2. The zero-order chi connectivity index (χ0) is 29.9. The van der Waals surface area contributed by atoms with Crippen LogP contribution in [0.3, 0.4) is 0 Å². The molecule has 6 nitrogen and oxygen atoms in total. The highest BCUT2D eigenvalue weighted by atomic mass is 16.4. The average Bonchev–Trinajstić information content (AvgIpc) is 3.57. The molecule has 0 unspecified atom stereocenters. The summed E-state index contributed by atoms with van der Waals surface area (Å²) < 4.78 is 4.84. The van der Waals surface area contributed by atoms with Crippen molar-refractivity contribution in [3.8, 4) is 0 Å². The molecule has 6 heterocycles. The van der Waals surface area contributed by atoms with E-state index in [1.54, 1.807) is 0 Å². The Morgan fingerprint density at radius 3 is 1.86 bits per heavy atom. The summed E-state index contributed by atoms with van der Waals surface area (Å²) >= 11 is 0. The largest absolute Gasteiger partial charge is 0.481 e. The second-order valence-corrected chi connectivity index (χ2v) is 12.0. The standard InChI is InChI=1S/C36H42N4O2/c1-8-11-25-21(5)29-16-34-24(10-3)22(6)32-15-28-20(4)26(12-9-2)31(37-28)18-35-27(13-14-36(41)42)23(7)33(17-30(25)38-29)40(35)19-39(32)34/h15-18H,8-14,19H2,1-7H3,(H,41,42). The average molecular weight is 563 g/mol. The van der Waals surface area contributed by atoms with Gasteiger partial charge in [0.15, 0.2) is 0 Å². The van der Waals surface area contributed by atoms with Gasteiger partial charge < -0.3 is 14.2 Å². The monoisotopic (exact) mass is 562 g/mol. The smallest absolute Gasteiger partial charge is 0.303 e. The van der Waals surface area contributed by atoms with E-state index in [1.807, 2.05) is 0 Å². The van der Waals surface area contributed by atoms with E-state index in [1.165, 1.54) is 44.1 Å². The Balaban J connectivity index is 1.80. The fourth-order valence-corrected chi connectivity index (χ4v) is 7.25. The molecule has 1 N–H and O–H groups in total. The van der Waals surface area contributed by atoms with E-state index in [9.17, 15) is 9.90 Å². The molecule has 0 radical (unpaired) electrons. The molecule has 0 atom stereocenters. The molecular weight excluding hydrogens is 520 g/mol. The van der Waals surface area contributed by atoms with Crippen molar-refractivity contribution in [2.75, 3.05) is 0 Å². The molecule has 0 aromatic carbocycles. The molecule has 4 aliphatic heterocycles. The van der Waals surface area contributed by atoms with E-state index in [2.05, 4.69) is 81.9 Å². The molecule has 0 saturated heterocycles. The highest BCUT2D eigenvalue weighted by molar-refractivity contribution is 6.24. The van der Waals surface area contributed by atoms with E-state index in [0.717, 1.165) is 77.4 Å². The molecule has 0 saturated carbocycles. The van der Waals surface area contributed by atoms with Gasteiger partial charge in [0, 0.05) is 28.5 Å². The second-order valence-electron chi connectivity index (χ2n) is 12.0. The van der Waals surface area contributed by atoms with Crippen molar-refractivity contribution in [1.29, 1.82) is 0 Å². The van der Waals surface area contributed by atoms with Gasteiger partial charge in [0.2, 0.25) is 0 Å². The lowest BCUT2D eigenvalue weighted by Crippen LogP contribution is -2.33. The fourth-order valence-electron chi connectivity index (χ4n) is 7.25. The maximum Gasteiger partial charge on any atom is 0.303 e. The number of aliphatic carboxylic acids is 1. The van der Waals surface area contributed by atoms with E-state index < -0.39 is 5.97 Å². The summed E-state index contributed by atoms with van der Waals surface area (Å²) in [6.45, 7) is 16.1. The Kier molecular flexibility index (Phi) is 7.20. The third kappa shape index (κ3) is 4.34. The Bertz CT molecular complexity index is 1860. The zero-order valence-corrected chi connectivity index (χ0v) is 26.1. The number of aromatic nitrogens is 2. The van der Waals surface area contributed by atoms with Gasteiger partial charge in [-0.1, -0.05) is 33.6 Å². The number of rotatable bonds is 8. The highest BCUT2D eigenvalue weighted by Crippen LogP contribution is 2.37. The molecule has 0 fully saturated rings. The number of carboxylic acid groups (broad SMARTS) is 1. The molecule has 0 aliphatic carbocycles. The van der Waals surface area contributed by atoms with Crippen LogP contribution in [0.1, 0.15) is 100 Å². The van der Waals surface area contributed by atoms with E-state index >= 15 is 0 Å². The summed E-state index contributed by atoms with van der Waals surface area (Å²) in [5, 5.41) is 12.1. The first-order valence-electron chi connectivity index (χ1n) is 15.5. The third-order valence-corrected chi connectivity index (χ3v) is 9.55. The molecular formula is C36H42N4O2. The molecule has 218 valence electrons. The minimum Gasteiger partial charge on any atom is -0.481 e. The van der Waals surface area contributed by atoms with Crippen molar-refractivity contribution in [2.45, 2.75) is 100 Å². The number of hydrogen-bond donors (Lipinski definition) is 1. The number of hydrogen-bond acceptors (Lipinski definition) is 3. The molecule has 0 amide bonds. The number of carbonyl (C=O) groups is 1. The van der Waals surface area contributed by atoms with Gasteiger partial charge in [-0.2, -0.15) is 0 Å². The SMILES string of the molecule is CCCC1=C(C)C2=NC1=Cc1c(CCC(=O)O)c(C)c3n1Cn1c(c(C)c(CC)c1=CC1=NC(=C3)C(CCC)=C1C)=C2. The van der Waals surface area contributed by atoms with Crippen LogP contribution >= 0.6 is 0 Å². The lowest BCUT2D eigenvalue weighted by atomic mass is 9.98. The maximum atomic E-state index is 11.8. The molecule has 6 rings (SSSR count). The van der Waals surface area contributed by atoms with Crippen LogP contribution in [0.5, 0.6) is 0 Å². The van der Waals surface area contributed by atoms with Crippen LogP contribution in [0, 0.1) is 13.8 Å². The quantitative estimate of drug-likeness (QED) is 0.404. The Hall–Kier alpha value is -3.93. The summed E-state index contributed by atoms with van der Waals surface area (Å²) in [6, 6.07) is 0. The summed E-state index contributed by atoms with van der Waals surface area (Å²) in [4.78, 5) is 22.3. The predicted molar refractivity (Wildman–Crippen MR) is 173 cm³/mol. The minimum atomic E-state index is -0.778. The van der Waals surface area contributed by atoms with Gasteiger partial charge in [0.25, 0.3) is 0 Å². The Morgan fingerprint density at radius 1 is 0.738 bits per heavy atom. The molecule has 2 aromatic rings. The predicted octanol–water partition coefficient (Wildman–Crippen LogP) is 6.40. The van der Waals surface area contributed by atoms with Crippen LogP contribution in [0.2, 0.25) is 0 Å². The topological polar surface area (TPSA) is 71.9 Å². The van der Waals surface area contributed by atoms with Crippen molar-refractivity contribution in [2.24, 2.45) is 9.98 Å². The van der Waals surface area contributed by atoms with Gasteiger partial charge in [-0.3, -0.25) is 4.79 Å². The van der Waals surface area contributed by atoms with Crippen LogP contribution in [0.15, 0.2) is 43.7 Å². The van der Waals surface area contributed by atoms with Crippen molar-refractivity contribution >= 4 is 41.7 Å². The highest BCUT2D eigenvalue weighted by Gasteiger charge is 2.28. The Labute approximate surface area is 248 Å². The fraction of sp³-hybridized carbons (Fsp3) is 0.417. The van der Waals surface area contributed by atoms with Crippen molar-refractivity contribution < 1.29 is 9.90 Å². The lowest BCUT2D eigenvalue weighted by molar-refractivity contribution is -0.136. The van der Waals surface area contributed by atoms with Crippen molar-refractivity contribution in [1.82, 2.24) is 9.13 Å². The lowest BCUT2D eigenvalue weighted by Gasteiger charge is -2.16. The van der Waals surface area contributed by atoms with Crippen molar-refractivity contribution in [3.63, 3.8) is 0 Å². The van der Waals surface area contributed by atoms with Crippen LogP contribution in [0.4, 0.5) is 0 Å². The van der Waals surface area contributed by atoms with Crippen LogP contribution < -0.4 is 10.7 Å². The first-order chi connectivity index (χ1) is 20.2. The number of carboxylic acids is 1. The minimum absolute atomic E-state index is 0.0886.